The third-order valence-corrected chi connectivity index (χ3v) is 7.72. The van der Waals surface area contributed by atoms with Gasteiger partial charge in [0.1, 0.15) is 11.4 Å². The highest BCUT2D eigenvalue weighted by atomic mass is 19.4. The Morgan fingerprint density at radius 3 is 2.38 bits per heavy atom. The largest absolute Gasteiger partial charge is 0.491 e. The number of anilines is 1. The van der Waals surface area contributed by atoms with Gasteiger partial charge in [-0.1, -0.05) is 0 Å². The zero-order valence-corrected chi connectivity index (χ0v) is 20.7. The molecule has 0 unspecified atom stereocenters. The van der Waals surface area contributed by atoms with E-state index < -0.39 is 34.6 Å². The van der Waals surface area contributed by atoms with Crippen molar-refractivity contribution in [2.45, 2.75) is 44.8 Å². The van der Waals surface area contributed by atoms with Crippen LogP contribution in [0, 0.1) is 29.4 Å². The molecule has 202 valence electrons. The number of benzene rings is 1. The van der Waals surface area contributed by atoms with E-state index in [4.69, 9.17) is 9.47 Å². The van der Waals surface area contributed by atoms with Crippen LogP contribution in [0.15, 0.2) is 18.2 Å². The maximum absolute atomic E-state index is 14.6. The molecule has 0 radical (unpaired) electrons. The molecule has 2 saturated heterocycles. The normalized spacial score (nSPS) is 24.9. The Labute approximate surface area is 212 Å². The van der Waals surface area contributed by atoms with Gasteiger partial charge in [-0.15, -0.1) is 10.2 Å². The first-order valence-corrected chi connectivity index (χ1v) is 12.8. The van der Waals surface area contributed by atoms with Crippen molar-refractivity contribution in [2.24, 2.45) is 17.8 Å². The lowest BCUT2D eigenvalue weighted by Crippen LogP contribution is -2.32. The van der Waals surface area contributed by atoms with Crippen LogP contribution in [0.3, 0.4) is 0 Å². The maximum Gasteiger partial charge on any atom is 0.420 e. The van der Waals surface area contributed by atoms with Gasteiger partial charge in [-0.3, -0.25) is 0 Å². The second kappa shape index (κ2) is 10.7. The predicted molar refractivity (Wildman–Crippen MR) is 127 cm³/mol. The summed E-state index contributed by atoms with van der Waals surface area (Å²) in [6.07, 6.45) is -1.07. The lowest BCUT2D eigenvalue weighted by Gasteiger charge is -2.28. The zero-order valence-electron chi connectivity index (χ0n) is 20.7. The van der Waals surface area contributed by atoms with E-state index in [0.717, 1.165) is 76.7 Å². The van der Waals surface area contributed by atoms with Crippen LogP contribution in [-0.4, -0.2) is 60.6 Å². The summed E-state index contributed by atoms with van der Waals surface area (Å²) < 4.78 is 81.2. The number of halogens is 5. The van der Waals surface area contributed by atoms with Crippen LogP contribution < -0.4 is 10.1 Å². The van der Waals surface area contributed by atoms with Crippen molar-refractivity contribution >= 4 is 5.82 Å². The van der Waals surface area contributed by atoms with Gasteiger partial charge in [-0.2, -0.15) is 13.2 Å². The van der Waals surface area contributed by atoms with Crippen LogP contribution >= 0.6 is 0 Å². The van der Waals surface area contributed by atoms with Crippen molar-refractivity contribution in [3.8, 4) is 17.0 Å². The van der Waals surface area contributed by atoms with Crippen LogP contribution in [-0.2, 0) is 10.9 Å². The van der Waals surface area contributed by atoms with E-state index in [2.05, 4.69) is 20.4 Å². The minimum absolute atomic E-state index is 0.116. The van der Waals surface area contributed by atoms with Crippen molar-refractivity contribution in [3.63, 3.8) is 0 Å². The second-order valence-electron chi connectivity index (χ2n) is 10.3. The highest BCUT2D eigenvalue weighted by Gasteiger charge is 2.43. The average Bonchev–Trinajstić information content (AvgIpc) is 3.39. The third-order valence-electron chi connectivity index (χ3n) is 7.72. The molecule has 2 aromatic rings. The van der Waals surface area contributed by atoms with Crippen LogP contribution in [0.1, 0.15) is 38.2 Å². The van der Waals surface area contributed by atoms with E-state index in [1.165, 1.54) is 0 Å². The standard InChI is InChI=1S/C26H31F5N4O2/c1-2-37-24-11-21(27)19(9-22(24)28)23-10-20(26(29,30)31)25(34-33-23)32-18-7-16-13-35(14-17(16)8-18)12-15-3-5-36-6-4-15/h9-11,15-18H,2-8,12-14H2,1H3,(H,32,34)/t16-,17+,18-. The van der Waals surface area contributed by atoms with E-state index in [1.54, 1.807) is 6.92 Å². The first-order valence-electron chi connectivity index (χ1n) is 12.8. The molecule has 1 N–H and O–H groups in total. The van der Waals surface area contributed by atoms with Gasteiger partial charge >= 0.3 is 6.18 Å². The summed E-state index contributed by atoms with van der Waals surface area (Å²) in [4.78, 5) is 2.49. The number of hydrogen-bond acceptors (Lipinski definition) is 6. The molecule has 1 aliphatic carbocycles. The van der Waals surface area contributed by atoms with Gasteiger partial charge in [0.2, 0.25) is 0 Å². The predicted octanol–water partition coefficient (Wildman–Crippen LogP) is 5.39. The number of hydrogen-bond donors (Lipinski definition) is 1. The summed E-state index contributed by atoms with van der Waals surface area (Å²) in [6.45, 7) is 6.34. The quantitative estimate of drug-likeness (QED) is 0.489. The number of aromatic nitrogens is 2. The molecule has 37 heavy (non-hydrogen) atoms. The molecule has 3 heterocycles. The van der Waals surface area contributed by atoms with E-state index in [9.17, 15) is 22.0 Å². The van der Waals surface area contributed by atoms with Crippen LogP contribution in [0.25, 0.3) is 11.3 Å². The molecule has 0 bridgehead atoms. The Bertz CT molecular complexity index is 1100. The Kier molecular flexibility index (Phi) is 7.53. The summed E-state index contributed by atoms with van der Waals surface area (Å²) in [5.74, 6) is -1.02. The van der Waals surface area contributed by atoms with Crippen molar-refractivity contribution in [1.29, 1.82) is 0 Å². The number of ether oxygens (including phenoxy) is 2. The van der Waals surface area contributed by atoms with Crippen LogP contribution in [0.2, 0.25) is 0 Å². The molecule has 3 aliphatic rings. The third kappa shape index (κ3) is 5.82. The lowest BCUT2D eigenvalue weighted by molar-refractivity contribution is -0.137. The molecule has 0 spiro atoms. The highest BCUT2D eigenvalue weighted by molar-refractivity contribution is 5.64. The van der Waals surface area contributed by atoms with Gasteiger partial charge in [-0.25, -0.2) is 8.78 Å². The number of nitrogens with zero attached hydrogens (tertiary/aromatic N) is 3. The molecule has 1 saturated carbocycles. The van der Waals surface area contributed by atoms with Gasteiger partial charge in [-0.05, 0) is 62.5 Å². The Balaban J connectivity index is 1.28. The Hall–Kier alpha value is -2.53. The molecular weight excluding hydrogens is 495 g/mol. The van der Waals surface area contributed by atoms with Gasteiger partial charge in [0.25, 0.3) is 0 Å². The fraction of sp³-hybridized carbons (Fsp3) is 0.615. The molecule has 3 atom stereocenters. The molecule has 11 heteroatoms. The molecule has 6 nitrogen and oxygen atoms in total. The first kappa shape index (κ1) is 26.1. The van der Waals surface area contributed by atoms with E-state index in [0.29, 0.717) is 17.8 Å². The van der Waals surface area contributed by atoms with Crippen molar-refractivity contribution in [3.05, 3.63) is 35.4 Å². The molecule has 5 rings (SSSR count). The SMILES string of the molecule is CCOc1cc(F)c(-c2cc(C(F)(F)F)c(N[C@@H]3C[C@@H]4CN(CC5CCOCC5)C[C@@H]4C3)nn2)cc1F. The van der Waals surface area contributed by atoms with Crippen molar-refractivity contribution < 1.29 is 31.4 Å². The van der Waals surface area contributed by atoms with Crippen molar-refractivity contribution in [1.82, 2.24) is 15.1 Å². The number of nitrogens with one attached hydrogen (secondary N) is 1. The molecular formula is C26H31F5N4O2. The van der Waals surface area contributed by atoms with E-state index >= 15 is 0 Å². The Morgan fingerprint density at radius 2 is 1.73 bits per heavy atom. The van der Waals surface area contributed by atoms with E-state index in [-0.39, 0.29) is 24.2 Å². The molecule has 3 fully saturated rings. The molecule has 1 aromatic heterocycles. The van der Waals surface area contributed by atoms with Gasteiger partial charge < -0.3 is 19.7 Å². The smallest absolute Gasteiger partial charge is 0.420 e. The van der Waals surface area contributed by atoms with Gasteiger partial charge in [0.15, 0.2) is 17.4 Å². The fourth-order valence-corrected chi connectivity index (χ4v) is 5.99. The lowest BCUT2D eigenvalue weighted by atomic mass is 10.00. The topological polar surface area (TPSA) is 59.5 Å². The summed E-state index contributed by atoms with van der Waals surface area (Å²) in [6, 6.07) is 2.15. The van der Waals surface area contributed by atoms with E-state index in [1.807, 2.05) is 0 Å². The molecule has 0 amide bonds. The second-order valence-corrected chi connectivity index (χ2v) is 10.3. The monoisotopic (exact) mass is 526 g/mol. The highest BCUT2D eigenvalue weighted by Crippen LogP contribution is 2.42. The molecule has 2 aliphatic heterocycles. The summed E-state index contributed by atoms with van der Waals surface area (Å²) >= 11 is 0. The minimum atomic E-state index is -4.75. The first-order chi connectivity index (χ1) is 17.7. The van der Waals surface area contributed by atoms with Gasteiger partial charge in [0, 0.05) is 50.5 Å². The maximum atomic E-state index is 14.6. The summed E-state index contributed by atoms with van der Waals surface area (Å²) in [5.41, 5.74) is -1.86. The summed E-state index contributed by atoms with van der Waals surface area (Å²) in [7, 11) is 0. The Morgan fingerprint density at radius 1 is 1.03 bits per heavy atom. The summed E-state index contributed by atoms with van der Waals surface area (Å²) in [5, 5.41) is 10.5. The van der Waals surface area contributed by atoms with Gasteiger partial charge in [0.05, 0.1) is 12.3 Å². The number of rotatable bonds is 7. The average molecular weight is 527 g/mol. The van der Waals surface area contributed by atoms with Crippen LogP contribution in [0.5, 0.6) is 5.75 Å². The number of fused-ring (bicyclic) bond motifs is 1. The van der Waals surface area contributed by atoms with Crippen LogP contribution in [0.4, 0.5) is 27.8 Å². The number of likely N-dealkylation sites (tertiary alicyclic amines) is 1. The zero-order chi connectivity index (χ0) is 26.2. The van der Waals surface area contributed by atoms with Crippen molar-refractivity contribution in [2.75, 3.05) is 44.8 Å². The minimum Gasteiger partial charge on any atom is -0.491 e. The molecule has 1 aromatic carbocycles. The number of alkyl halides is 3. The fourth-order valence-electron chi connectivity index (χ4n) is 5.99.